The minimum atomic E-state index is -0.154. The van der Waals surface area contributed by atoms with Crippen LogP contribution < -0.4 is 15.4 Å². The zero-order valence-corrected chi connectivity index (χ0v) is 17.2. The Balaban J connectivity index is 1.44. The predicted molar refractivity (Wildman–Crippen MR) is 114 cm³/mol. The van der Waals surface area contributed by atoms with Crippen molar-refractivity contribution < 1.29 is 9.53 Å². The molecule has 6 nitrogen and oxygen atoms in total. The quantitative estimate of drug-likeness (QED) is 0.691. The van der Waals surface area contributed by atoms with Gasteiger partial charge >= 0.3 is 6.03 Å². The Hall–Kier alpha value is -3.02. The van der Waals surface area contributed by atoms with Gasteiger partial charge in [-0.3, -0.25) is 0 Å². The van der Waals surface area contributed by atoms with Gasteiger partial charge in [0.2, 0.25) is 0 Å². The molecule has 0 saturated carbocycles. The molecule has 1 aromatic heterocycles. The van der Waals surface area contributed by atoms with Gasteiger partial charge in [-0.15, -0.1) is 0 Å². The van der Waals surface area contributed by atoms with Crippen LogP contribution in [0.25, 0.3) is 10.8 Å². The molecule has 1 atom stereocenters. The molecule has 6 heteroatoms. The molecule has 1 aliphatic rings. The molecule has 4 rings (SSSR count). The lowest BCUT2D eigenvalue weighted by Crippen LogP contribution is -2.45. The summed E-state index contributed by atoms with van der Waals surface area (Å²) in [5, 5.41) is 8.37. The molecule has 2 N–H and O–H groups in total. The van der Waals surface area contributed by atoms with Crippen LogP contribution in [0.15, 0.2) is 42.6 Å². The zero-order valence-electron chi connectivity index (χ0n) is 17.2. The third-order valence-corrected chi connectivity index (χ3v) is 5.23. The molecule has 0 radical (unpaired) electrons. The van der Waals surface area contributed by atoms with E-state index in [9.17, 15) is 4.79 Å². The number of benzene rings is 2. The van der Waals surface area contributed by atoms with Gasteiger partial charge in [-0.25, -0.2) is 9.78 Å². The van der Waals surface area contributed by atoms with Crippen LogP contribution in [0.2, 0.25) is 0 Å². The highest BCUT2D eigenvalue weighted by atomic mass is 16.5. The van der Waals surface area contributed by atoms with Crippen molar-refractivity contribution in [2.45, 2.75) is 58.8 Å². The van der Waals surface area contributed by atoms with Gasteiger partial charge in [0, 0.05) is 37.3 Å². The number of nitrogens with zero attached hydrogens (tertiary/aromatic N) is 2. The van der Waals surface area contributed by atoms with Gasteiger partial charge < -0.3 is 19.9 Å². The minimum absolute atomic E-state index is 0.0683. The summed E-state index contributed by atoms with van der Waals surface area (Å²) >= 11 is 0. The number of carbonyl (C=O) groups excluding carboxylic acids is 1. The Morgan fingerprint density at radius 3 is 2.93 bits per heavy atom. The number of rotatable bonds is 5. The number of ether oxygens (including phenoxy) is 1. The number of amides is 2. The van der Waals surface area contributed by atoms with E-state index in [1.54, 1.807) is 0 Å². The second kappa shape index (κ2) is 8.15. The summed E-state index contributed by atoms with van der Waals surface area (Å²) in [6.45, 7) is 7.20. The van der Waals surface area contributed by atoms with Crippen LogP contribution in [-0.2, 0) is 19.5 Å². The summed E-state index contributed by atoms with van der Waals surface area (Å²) in [7, 11) is 0. The number of fused-ring (bicyclic) bond motifs is 2. The van der Waals surface area contributed by atoms with Gasteiger partial charge in [-0.2, -0.15) is 0 Å². The fourth-order valence-corrected chi connectivity index (χ4v) is 3.97. The first kappa shape index (κ1) is 19.3. The molecule has 0 aliphatic carbocycles. The van der Waals surface area contributed by atoms with Crippen molar-refractivity contribution in [2.24, 2.45) is 0 Å². The van der Waals surface area contributed by atoms with Crippen molar-refractivity contribution >= 4 is 16.8 Å². The van der Waals surface area contributed by atoms with E-state index in [0.717, 1.165) is 53.0 Å². The van der Waals surface area contributed by atoms with E-state index in [4.69, 9.17) is 4.74 Å². The topological polar surface area (TPSA) is 68.2 Å². The lowest BCUT2D eigenvalue weighted by atomic mass is 10.0. The minimum Gasteiger partial charge on any atom is -0.491 e. The molecule has 0 spiro atoms. The number of hydrogen-bond acceptors (Lipinski definition) is 3. The molecule has 1 aliphatic heterocycles. The summed E-state index contributed by atoms with van der Waals surface area (Å²) in [6.07, 6.45) is 3.90. The van der Waals surface area contributed by atoms with Gasteiger partial charge in [0.15, 0.2) is 0 Å². The monoisotopic (exact) mass is 392 g/mol. The van der Waals surface area contributed by atoms with E-state index < -0.39 is 0 Å². The summed E-state index contributed by atoms with van der Waals surface area (Å²) in [5.74, 6) is 1.92. The molecule has 1 unspecified atom stereocenters. The molecule has 2 amide bonds. The molecule has 2 aromatic carbocycles. The highest BCUT2D eigenvalue weighted by Crippen LogP contribution is 2.29. The van der Waals surface area contributed by atoms with Gasteiger partial charge in [0.1, 0.15) is 11.6 Å². The first-order valence-corrected chi connectivity index (χ1v) is 10.2. The zero-order chi connectivity index (χ0) is 20.4. The van der Waals surface area contributed by atoms with Crippen molar-refractivity contribution in [1.82, 2.24) is 20.2 Å². The third-order valence-electron chi connectivity index (χ3n) is 5.23. The Labute approximate surface area is 171 Å². The van der Waals surface area contributed by atoms with Crippen molar-refractivity contribution in [3.05, 3.63) is 59.7 Å². The van der Waals surface area contributed by atoms with Gasteiger partial charge in [-0.05, 0) is 44.0 Å². The fraction of sp³-hybridized carbons (Fsp3) is 0.391. The van der Waals surface area contributed by atoms with Crippen LogP contribution in [0.5, 0.6) is 5.75 Å². The van der Waals surface area contributed by atoms with E-state index in [1.807, 2.05) is 45.2 Å². The molecule has 0 saturated heterocycles. The average molecular weight is 393 g/mol. The number of aryl methyl sites for hydroxylation is 2. The van der Waals surface area contributed by atoms with E-state index in [1.165, 1.54) is 0 Å². The molecule has 29 heavy (non-hydrogen) atoms. The lowest BCUT2D eigenvalue weighted by molar-refractivity contribution is 0.230. The van der Waals surface area contributed by atoms with Crippen molar-refractivity contribution in [3.63, 3.8) is 0 Å². The Bertz CT molecular complexity index is 1020. The molecule has 0 bridgehead atoms. The molecular weight excluding hydrogens is 364 g/mol. The van der Waals surface area contributed by atoms with Crippen LogP contribution in [-0.4, -0.2) is 27.7 Å². The lowest BCUT2D eigenvalue weighted by Gasteiger charge is -2.25. The van der Waals surface area contributed by atoms with E-state index in [-0.39, 0.29) is 18.2 Å². The fourth-order valence-electron chi connectivity index (χ4n) is 3.97. The van der Waals surface area contributed by atoms with Crippen molar-refractivity contribution in [2.75, 3.05) is 0 Å². The molecule has 152 valence electrons. The molecule has 3 aromatic rings. The smallest absolute Gasteiger partial charge is 0.315 e. The summed E-state index contributed by atoms with van der Waals surface area (Å²) in [6, 6.07) is 12.2. The number of urea groups is 1. The number of hydrogen-bond donors (Lipinski definition) is 2. The second-order valence-corrected chi connectivity index (χ2v) is 7.94. The maximum Gasteiger partial charge on any atom is 0.315 e. The standard InChI is InChI=1S/C23H28N4O2/c1-15(2)29-21-10-8-17-6-4-5-7-19(17)20(21)12-24-23(28)26-18-9-11-22-25-16(3)13-27(22)14-18/h4-8,10,13,15,18H,9,11-12,14H2,1-3H3,(H2,24,26,28). The Kier molecular flexibility index (Phi) is 5.43. The predicted octanol–water partition coefficient (Wildman–Crippen LogP) is 3.95. The number of imidazole rings is 1. The number of aromatic nitrogens is 2. The van der Waals surface area contributed by atoms with Gasteiger partial charge in [-0.1, -0.05) is 30.3 Å². The second-order valence-electron chi connectivity index (χ2n) is 7.94. The number of nitrogens with one attached hydrogen (secondary N) is 2. The molecular formula is C23H28N4O2. The third kappa shape index (κ3) is 4.36. The first-order valence-electron chi connectivity index (χ1n) is 10.2. The van der Waals surface area contributed by atoms with Gasteiger partial charge in [0.25, 0.3) is 0 Å². The van der Waals surface area contributed by atoms with Crippen LogP contribution >= 0.6 is 0 Å². The normalized spacial score (nSPS) is 15.9. The maximum absolute atomic E-state index is 12.6. The highest BCUT2D eigenvalue weighted by molar-refractivity contribution is 5.88. The molecule has 2 heterocycles. The van der Waals surface area contributed by atoms with Crippen molar-refractivity contribution in [1.29, 1.82) is 0 Å². The molecule has 0 fully saturated rings. The number of carbonyl (C=O) groups is 1. The maximum atomic E-state index is 12.6. The van der Waals surface area contributed by atoms with Crippen LogP contribution in [0.3, 0.4) is 0 Å². The summed E-state index contributed by atoms with van der Waals surface area (Å²) in [4.78, 5) is 17.1. The largest absolute Gasteiger partial charge is 0.491 e. The van der Waals surface area contributed by atoms with Crippen LogP contribution in [0.1, 0.15) is 37.4 Å². The Morgan fingerprint density at radius 1 is 1.28 bits per heavy atom. The van der Waals surface area contributed by atoms with E-state index >= 15 is 0 Å². The van der Waals surface area contributed by atoms with Gasteiger partial charge in [0.05, 0.1) is 11.8 Å². The van der Waals surface area contributed by atoms with Crippen LogP contribution in [0, 0.1) is 6.92 Å². The first-order chi connectivity index (χ1) is 14.0. The van der Waals surface area contributed by atoms with E-state index in [2.05, 4.69) is 38.4 Å². The average Bonchev–Trinajstić information content (AvgIpc) is 3.06. The van der Waals surface area contributed by atoms with Crippen molar-refractivity contribution in [3.8, 4) is 5.75 Å². The highest BCUT2D eigenvalue weighted by Gasteiger charge is 2.21. The van der Waals surface area contributed by atoms with Crippen LogP contribution in [0.4, 0.5) is 4.79 Å². The summed E-state index contributed by atoms with van der Waals surface area (Å²) < 4.78 is 8.14. The SMILES string of the molecule is Cc1cn2c(n1)CCC(NC(=O)NCc1c(OC(C)C)ccc3ccccc13)C2. The summed E-state index contributed by atoms with van der Waals surface area (Å²) in [5.41, 5.74) is 2.03. The van der Waals surface area contributed by atoms with E-state index in [0.29, 0.717) is 6.54 Å². The Morgan fingerprint density at radius 2 is 2.10 bits per heavy atom.